The summed E-state index contributed by atoms with van der Waals surface area (Å²) in [6.07, 6.45) is 5.87. The lowest BCUT2D eigenvalue weighted by Crippen LogP contribution is -2.61. The number of carbonyl (C=O) groups is 2. The molecule has 3 nitrogen and oxygen atoms in total. The maximum atomic E-state index is 13.4. The molecule has 3 heteroatoms. The van der Waals surface area contributed by atoms with Gasteiger partial charge in [-0.1, -0.05) is 26.8 Å². The maximum absolute atomic E-state index is 13.4. The van der Waals surface area contributed by atoms with Crippen LogP contribution in [0.4, 0.5) is 0 Å². The number of ether oxygens (including phenoxy) is 1. The zero-order valence-corrected chi connectivity index (χ0v) is 15.9. The Bertz CT molecular complexity index is 582. The molecule has 2 bridgehead atoms. The summed E-state index contributed by atoms with van der Waals surface area (Å²) in [5.41, 5.74) is -0.973. The predicted molar refractivity (Wildman–Crippen MR) is 94.6 cm³/mol. The predicted octanol–water partition coefficient (Wildman–Crippen LogP) is 4.20. The molecule has 0 N–H and O–H groups in total. The Kier molecular flexibility index (Phi) is 4.11. The van der Waals surface area contributed by atoms with E-state index in [0.29, 0.717) is 24.5 Å². The van der Waals surface area contributed by atoms with Gasteiger partial charge in [0, 0.05) is 36.2 Å². The first-order valence-electron chi connectivity index (χ1n) is 9.41. The minimum absolute atomic E-state index is 0.0491. The molecule has 0 saturated heterocycles. The molecule has 0 aromatic carbocycles. The summed E-state index contributed by atoms with van der Waals surface area (Å²) < 4.78 is 5.97. The van der Waals surface area contributed by atoms with Gasteiger partial charge in [0.25, 0.3) is 0 Å². The Hall–Kier alpha value is -0.960. The Balaban J connectivity index is 2.24. The fraction of sp³-hybridized carbons (Fsp3) is 0.810. The number of allylic oxidation sites excluding steroid dienone is 1. The molecular formula is C21H32O3. The van der Waals surface area contributed by atoms with Crippen LogP contribution in [0.25, 0.3) is 0 Å². The van der Waals surface area contributed by atoms with E-state index in [1.807, 2.05) is 13.0 Å². The van der Waals surface area contributed by atoms with E-state index in [-0.39, 0.29) is 34.6 Å². The Morgan fingerprint density at radius 3 is 2.46 bits per heavy atom. The van der Waals surface area contributed by atoms with Gasteiger partial charge in [-0.3, -0.25) is 9.59 Å². The molecule has 0 spiro atoms. The summed E-state index contributed by atoms with van der Waals surface area (Å²) in [7, 11) is 1.73. The van der Waals surface area contributed by atoms with Crippen molar-refractivity contribution in [3.63, 3.8) is 0 Å². The van der Waals surface area contributed by atoms with Crippen molar-refractivity contribution in [3.05, 3.63) is 12.7 Å². The van der Waals surface area contributed by atoms with E-state index in [1.165, 1.54) is 0 Å². The van der Waals surface area contributed by atoms with Crippen molar-refractivity contribution in [1.29, 1.82) is 0 Å². The van der Waals surface area contributed by atoms with E-state index in [9.17, 15) is 9.59 Å². The second-order valence-corrected chi connectivity index (χ2v) is 9.07. The maximum Gasteiger partial charge on any atom is 0.145 e. The number of Topliss-reactive ketones (excluding diaryl/α,β-unsaturated/α-hetero) is 2. The van der Waals surface area contributed by atoms with Crippen LogP contribution < -0.4 is 0 Å². The number of methoxy groups -OCH3 is 1. The summed E-state index contributed by atoms with van der Waals surface area (Å²) in [6.45, 7) is 12.6. The van der Waals surface area contributed by atoms with Gasteiger partial charge >= 0.3 is 0 Å². The standard InChI is InChI=1S/C21H32O3/c1-7-19(4)12-16(24-6)20(5)13(2)8-10-21(14(3)18(19)23)11-9-15(22)17(20)21/h7,13-14,16-17H,1,8-12H2,2-6H3/t13-,14-,16+,17+,19+,20+,21+/m0/s1. The van der Waals surface area contributed by atoms with Gasteiger partial charge in [-0.05, 0) is 43.9 Å². The molecule has 7 atom stereocenters. The molecule has 0 amide bonds. The number of rotatable bonds is 2. The number of hydrogen-bond donors (Lipinski definition) is 0. The molecule has 3 fully saturated rings. The summed E-state index contributed by atoms with van der Waals surface area (Å²) in [6, 6.07) is 0. The Morgan fingerprint density at radius 2 is 1.88 bits per heavy atom. The van der Waals surface area contributed by atoms with Crippen molar-refractivity contribution >= 4 is 11.6 Å². The zero-order chi connectivity index (χ0) is 17.9. The molecule has 24 heavy (non-hydrogen) atoms. The van der Waals surface area contributed by atoms with E-state index in [4.69, 9.17) is 4.74 Å². The summed E-state index contributed by atoms with van der Waals surface area (Å²) in [5, 5.41) is 0. The minimum atomic E-state index is -0.581. The number of hydrogen-bond acceptors (Lipinski definition) is 3. The fourth-order valence-electron chi connectivity index (χ4n) is 6.45. The van der Waals surface area contributed by atoms with Gasteiger partial charge in [-0.25, -0.2) is 0 Å². The molecule has 3 saturated carbocycles. The van der Waals surface area contributed by atoms with Crippen LogP contribution >= 0.6 is 0 Å². The van der Waals surface area contributed by atoms with Gasteiger partial charge in [-0.15, -0.1) is 6.58 Å². The molecule has 0 aromatic rings. The minimum Gasteiger partial charge on any atom is -0.381 e. The van der Waals surface area contributed by atoms with Crippen molar-refractivity contribution in [2.75, 3.05) is 7.11 Å². The van der Waals surface area contributed by atoms with Crippen LogP contribution in [0.15, 0.2) is 12.7 Å². The van der Waals surface area contributed by atoms with Gasteiger partial charge < -0.3 is 4.74 Å². The van der Waals surface area contributed by atoms with Crippen LogP contribution in [-0.4, -0.2) is 24.8 Å². The molecule has 0 aliphatic heterocycles. The van der Waals surface area contributed by atoms with Crippen LogP contribution in [-0.2, 0) is 14.3 Å². The molecule has 3 aliphatic rings. The number of ketones is 2. The second-order valence-electron chi connectivity index (χ2n) is 9.07. The van der Waals surface area contributed by atoms with Crippen LogP contribution in [0.3, 0.4) is 0 Å². The third-order valence-electron chi connectivity index (χ3n) is 8.32. The SMILES string of the molecule is C=C[C@]1(C)C[C@@H](OC)[C@@]2(C)[C@@H](C)CC[C@@]3(CCC(=O)[C@@H]32)[C@@H](C)C1=O. The quantitative estimate of drug-likeness (QED) is 0.712. The molecule has 0 heterocycles. The van der Waals surface area contributed by atoms with Crippen molar-refractivity contribution in [3.8, 4) is 0 Å². The topological polar surface area (TPSA) is 43.4 Å². The van der Waals surface area contributed by atoms with Gasteiger partial charge in [0.2, 0.25) is 0 Å². The van der Waals surface area contributed by atoms with Crippen LogP contribution in [0.1, 0.15) is 59.8 Å². The van der Waals surface area contributed by atoms with Gasteiger partial charge in [0.15, 0.2) is 0 Å². The monoisotopic (exact) mass is 332 g/mol. The van der Waals surface area contributed by atoms with Gasteiger partial charge in [-0.2, -0.15) is 0 Å². The largest absolute Gasteiger partial charge is 0.381 e. The lowest BCUT2D eigenvalue weighted by molar-refractivity contribution is -0.180. The molecule has 3 rings (SSSR count). The highest BCUT2D eigenvalue weighted by Crippen LogP contribution is 2.67. The van der Waals surface area contributed by atoms with Gasteiger partial charge in [0.1, 0.15) is 11.6 Å². The lowest BCUT2D eigenvalue weighted by atomic mass is 9.44. The summed E-state index contributed by atoms with van der Waals surface area (Å²) in [5.74, 6) is 0.870. The van der Waals surface area contributed by atoms with E-state index in [1.54, 1.807) is 7.11 Å². The summed E-state index contributed by atoms with van der Waals surface area (Å²) in [4.78, 5) is 26.4. The average Bonchev–Trinajstić information content (AvgIpc) is 2.92. The first kappa shape index (κ1) is 17.8. The Morgan fingerprint density at radius 1 is 1.21 bits per heavy atom. The lowest BCUT2D eigenvalue weighted by Gasteiger charge is -2.60. The molecule has 0 radical (unpaired) electrons. The van der Waals surface area contributed by atoms with Crippen molar-refractivity contribution < 1.29 is 14.3 Å². The summed E-state index contributed by atoms with van der Waals surface area (Å²) >= 11 is 0. The number of carbonyl (C=O) groups excluding carboxylic acids is 2. The van der Waals surface area contributed by atoms with Crippen molar-refractivity contribution in [1.82, 2.24) is 0 Å². The Labute approximate surface area is 146 Å². The molecule has 134 valence electrons. The first-order valence-corrected chi connectivity index (χ1v) is 9.41. The van der Waals surface area contributed by atoms with Gasteiger partial charge in [0.05, 0.1) is 6.10 Å². The van der Waals surface area contributed by atoms with E-state index >= 15 is 0 Å². The highest BCUT2D eigenvalue weighted by Gasteiger charge is 2.67. The highest BCUT2D eigenvalue weighted by atomic mass is 16.5. The molecular weight excluding hydrogens is 300 g/mol. The third-order valence-corrected chi connectivity index (χ3v) is 8.32. The van der Waals surface area contributed by atoms with Crippen molar-refractivity contribution in [2.45, 2.75) is 65.9 Å². The van der Waals surface area contributed by atoms with Crippen LogP contribution in [0.5, 0.6) is 0 Å². The smallest absolute Gasteiger partial charge is 0.145 e. The molecule has 3 aliphatic carbocycles. The van der Waals surface area contributed by atoms with E-state index in [0.717, 1.165) is 19.3 Å². The average molecular weight is 332 g/mol. The molecule has 0 unspecified atom stereocenters. The van der Waals surface area contributed by atoms with Crippen LogP contribution in [0.2, 0.25) is 0 Å². The zero-order valence-electron chi connectivity index (χ0n) is 15.9. The molecule has 0 aromatic heterocycles. The normalized spacial score (nSPS) is 51.7. The van der Waals surface area contributed by atoms with E-state index < -0.39 is 5.41 Å². The fourth-order valence-corrected chi connectivity index (χ4v) is 6.45. The van der Waals surface area contributed by atoms with E-state index in [2.05, 4.69) is 27.4 Å². The van der Waals surface area contributed by atoms with Crippen LogP contribution in [0, 0.1) is 34.0 Å². The first-order chi connectivity index (χ1) is 11.2. The highest BCUT2D eigenvalue weighted by molar-refractivity contribution is 5.92. The second kappa shape index (κ2) is 5.52. The van der Waals surface area contributed by atoms with Crippen molar-refractivity contribution in [2.24, 2.45) is 34.0 Å². The third kappa shape index (κ3) is 2.00.